The van der Waals surface area contributed by atoms with Gasteiger partial charge in [0.2, 0.25) is 0 Å². The first-order valence-corrected chi connectivity index (χ1v) is 7.26. The molecule has 0 aromatic carbocycles. The number of nitrogens with one attached hydrogen (secondary N) is 1. The van der Waals surface area contributed by atoms with E-state index in [4.69, 9.17) is 5.11 Å². The van der Waals surface area contributed by atoms with Crippen molar-refractivity contribution in [2.24, 2.45) is 0 Å². The molecule has 0 bridgehead atoms. The lowest BCUT2D eigenvalue weighted by atomic mass is 10.2. The van der Waals surface area contributed by atoms with Gasteiger partial charge < -0.3 is 15.3 Å². The van der Waals surface area contributed by atoms with Gasteiger partial charge in [0.25, 0.3) is 0 Å². The second-order valence-corrected chi connectivity index (χ2v) is 6.97. The number of carbonyl (C=O) groups is 2. The maximum absolute atomic E-state index is 12.2. The number of urea groups is 1. The smallest absolute Gasteiger partial charge is 0.356 e. The number of hydrogen-bond donors (Lipinski definition) is 2. The van der Waals surface area contributed by atoms with E-state index in [0.717, 1.165) is 5.75 Å². The van der Waals surface area contributed by atoms with Crippen LogP contribution in [0.15, 0.2) is 18.3 Å². The Balaban J connectivity index is 2.10. The molecule has 1 saturated heterocycles. The van der Waals surface area contributed by atoms with Crippen LogP contribution in [0.1, 0.15) is 24.3 Å². The Morgan fingerprint density at radius 2 is 2.25 bits per heavy atom. The molecule has 0 aliphatic carbocycles. The van der Waals surface area contributed by atoms with Crippen LogP contribution in [-0.2, 0) is 0 Å². The van der Waals surface area contributed by atoms with E-state index >= 15 is 0 Å². The molecule has 20 heavy (non-hydrogen) atoms. The van der Waals surface area contributed by atoms with Gasteiger partial charge in [0, 0.05) is 29.8 Å². The lowest BCUT2D eigenvalue weighted by Gasteiger charge is -2.37. The summed E-state index contributed by atoms with van der Waals surface area (Å²) in [6.07, 6.45) is 1.39. The second kappa shape index (κ2) is 5.70. The summed E-state index contributed by atoms with van der Waals surface area (Å²) in [6, 6.07) is 2.85. The highest BCUT2D eigenvalue weighted by Gasteiger charge is 2.30. The Bertz CT molecular complexity index is 533. The number of carboxylic acid groups (broad SMARTS) is 1. The molecule has 1 aliphatic heterocycles. The fourth-order valence-electron chi connectivity index (χ4n) is 2.06. The summed E-state index contributed by atoms with van der Waals surface area (Å²) in [5.74, 6) is -0.283. The van der Waals surface area contributed by atoms with Crippen molar-refractivity contribution in [3.05, 3.63) is 24.0 Å². The van der Waals surface area contributed by atoms with E-state index in [2.05, 4.69) is 24.1 Å². The molecule has 0 atom stereocenters. The minimum atomic E-state index is -1.16. The number of anilines is 1. The van der Waals surface area contributed by atoms with Gasteiger partial charge in [-0.25, -0.2) is 14.6 Å². The van der Waals surface area contributed by atoms with Gasteiger partial charge in [-0.1, -0.05) is 0 Å². The molecular formula is C13H17N3O3S. The van der Waals surface area contributed by atoms with Crippen LogP contribution >= 0.6 is 11.8 Å². The number of carboxylic acids is 1. The lowest BCUT2D eigenvalue weighted by molar-refractivity contribution is 0.0691. The topological polar surface area (TPSA) is 82.5 Å². The third-order valence-electron chi connectivity index (χ3n) is 2.96. The average Bonchev–Trinajstić information content (AvgIpc) is 2.38. The summed E-state index contributed by atoms with van der Waals surface area (Å²) in [4.78, 5) is 28.7. The monoisotopic (exact) mass is 295 g/mol. The number of aromatic nitrogens is 1. The van der Waals surface area contributed by atoms with Crippen molar-refractivity contribution < 1.29 is 14.7 Å². The standard InChI is InChI=1S/C13H17N3O3S/c1-13(2)8-16(6-7-20-13)12(19)15-9-4-3-5-14-10(9)11(17)18/h3-5H,6-8H2,1-2H3,(H,15,19)(H,17,18). The fourth-order valence-corrected chi connectivity index (χ4v) is 3.17. The number of rotatable bonds is 2. The van der Waals surface area contributed by atoms with Gasteiger partial charge in [-0.05, 0) is 26.0 Å². The van der Waals surface area contributed by atoms with Crippen molar-refractivity contribution >= 4 is 29.4 Å². The van der Waals surface area contributed by atoms with E-state index < -0.39 is 5.97 Å². The van der Waals surface area contributed by atoms with Crippen LogP contribution in [0.2, 0.25) is 0 Å². The molecule has 2 amide bonds. The number of thioether (sulfide) groups is 1. The highest BCUT2D eigenvalue weighted by molar-refractivity contribution is 8.00. The van der Waals surface area contributed by atoms with E-state index in [1.807, 2.05) is 11.8 Å². The zero-order valence-corrected chi connectivity index (χ0v) is 12.2. The predicted octanol–water partition coefficient (Wildman–Crippen LogP) is 2.14. The number of amides is 2. The number of aromatic carboxylic acids is 1. The summed E-state index contributed by atoms with van der Waals surface area (Å²) >= 11 is 1.83. The Morgan fingerprint density at radius 3 is 2.90 bits per heavy atom. The Kier molecular flexibility index (Phi) is 4.17. The van der Waals surface area contributed by atoms with Gasteiger partial charge in [0.1, 0.15) is 0 Å². The third-order valence-corrected chi connectivity index (χ3v) is 4.26. The quantitative estimate of drug-likeness (QED) is 0.873. The molecule has 1 aromatic heterocycles. The van der Waals surface area contributed by atoms with E-state index in [-0.39, 0.29) is 22.2 Å². The van der Waals surface area contributed by atoms with E-state index in [1.165, 1.54) is 12.3 Å². The highest BCUT2D eigenvalue weighted by atomic mass is 32.2. The van der Waals surface area contributed by atoms with Crippen LogP contribution < -0.4 is 5.32 Å². The van der Waals surface area contributed by atoms with Crippen molar-refractivity contribution in [2.45, 2.75) is 18.6 Å². The SMILES string of the molecule is CC1(C)CN(C(=O)Nc2cccnc2C(=O)O)CCS1. The zero-order valence-electron chi connectivity index (χ0n) is 11.4. The van der Waals surface area contributed by atoms with E-state index in [1.54, 1.807) is 11.0 Å². The van der Waals surface area contributed by atoms with Crippen LogP contribution in [0.3, 0.4) is 0 Å². The van der Waals surface area contributed by atoms with Crippen LogP contribution in [0.5, 0.6) is 0 Å². The van der Waals surface area contributed by atoms with Crippen LogP contribution in [0.4, 0.5) is 10.5 Å². The van der Waals surface area contributed by atoms with E-state index in [9.17, 15) is 9.59 Å². The van der Waals surface area contributed by atoms with Crippen molar-refractivity contribution in [1.82, 2.24) is 9.88 Å². The van der Waals surface area contributed by atoms with Gasteiger partial charge in [0.15, 0.2) is 5.69 Å². The molecule has 7 heteroatoms. The van der Waals surface area contributed by atoms with Crippen molar-refractivity contribution in [3.8, 4) is 0 Å². The molecule has 6 nitrogen and oxygen atoms in total. The zero-order chi connectivity index (χ0) is 14.8. The first-order chi connectivity index (χ1) is 9.39. The number of hydrogen-bond acceptors (Lipinski definition) is 4. The molecule has 1 aliphatic rings. The highest BCUT2D eigenvalue weighted by Crippen LogP contribution is 2.29. The molecule has 2 heterocycles. The van der Waals surface area contributed by atoms with Gasteiger partial charge in [0.05, 0.1) is 5.69 Å². The molecule has 2 N–H and O–H groups in total. The van der Waals surface area contributed by atoms with Gasteiger partial charge in [-0.3, -0.25) is 0 Å². The predicted molar refractivity (Wildman–Crippen MR) is 78.3 cm³/mol. The molecule has 0 spiro atoms. The maximum Gasteiger partial charge on any atom is 0.356 e. The van der Waals surface area contributed by atoms with Gasteiger partial charge in [-0.15, -0.1) is 0 Å². The molecule has 0 unspecified atom stereocenters. The molecule has 1 fully saturated rings. The summed E-state index contributed by atoms with van der Waals surface area (Å²) < 4.78 is 0.0140. The Morgan fingerprint density at radius 1 is 1.50 bits per heavy atom. The molecule has 0 radical (unpaired) electrons. The average molecular weight is 295 g/mol. The normalized spacial score (nSPS) is 17.6. The summed E-state index contributed by atoms with van der Waals surface area (Å²) in [5, 5.41) is 11.7. The van der Waals surface area contributed by atoms with Crippen LogP contribution in [0.25, 0.3) is 0 Å². The largest absolute Gasteiger partial charge is 0.476 e. The van der Waals surface area contributed by atoms with E-state index in [0.29, 0.717) is 13.1 Å². The summed E-state index contributed by atoms with van der Waals surface area (Å²) in [6.45, 7) is 5.46. The van der Waals surface area contributed by atoms with Gasteiger partial charge >= 0.3 is 12.0 Å². The second-order valence-electron chi connectivity index (χ2n) is 5.16. The third kappa shape index (κ3) is 3.41. The van der Waals surface area contributed by atoms with Crippen molar-refractivity contribution in [3.63, 3.8) is 0 Å². The summed E-state index contributed by atoms with van der Waals surface area (Å²) in [5.41, 5.74) is 0.0764. The summed E-state index contributed by atoms with van der Waals surface area (Å²) in [7, 11) is 0. The van der Waals surface area contributed by atoms with Gasteiger partial charge in [-0.2, -0.15) is 11.8 Å². The molecule has 0 saturated carbocycles. The van der Waals surface area contributed by atoms with Crippen LogP contribution in [-0.4, -0.2) is 50.6 Å². The first-order valence-electron chi connectivity index (χ1n) is 6.27. The number of nitrogens with zero attached hydrogens (tertiary/aromatic N) is 2. The molecule has 1 aromatic rings. The Labute approximate surface area is 121 Å². The molecule has 108 valence electrons. The van der Waals surface area contributed by atoms with Crippen molar-refractivity contribution in [1.29, 1.82) is 0 Å². The van der Waals surface area contributed by atoms with Crippen molar-refractivity contribution in [2.75, 3.05) is 24.2 Å². The minimum Gasteiger partial charge on any atom is -0.476 e. The minimum absolute atomic E-state index is 0.0140. The number of pyridine rings is 1. The molecule has 2 rings (SSSR count). The fraction of sp³-hybridized carbons (Fsp3) is 0.462. The maximum atomic E-state index is 12.2. The molecular weight excluding hydrogens is 278 g/mol. The van der Waals surface area contributed by atoms with Crippen LogP contribution in [0, 0.1) is 0 Å². The Hall–Kier alpha value is -1.76. The lowest BCUT2D eigenvalue weighted by Crippen LogP contribution is -2.47. The number of carbonyl (C=O) groups excluding carboxylic acids is 1. The first kappa shape index (κ1) is 14.6.